The maximum atomic E-state index is 11.8. The average Bonchev–Trinajstić information content (AvgIpc) is 2.58. The lowest BCUT2D eigenvalue weighted by atomic mass is 10.1. The summed E-state index contributed by atoms with van der Waals surface area (Å²) >= 11 is 0. The highest BCUT2D eigenvalue weighted by molar-refractivity contribution is 6.05. The molecule has 1 aromatic rings. The lowest BCUT2D eigenvalue weighted by Crippen LogP contribution is -2.54. The zero-order valence-corrected chi connectivity index (χ0v) is 13.9. The van der Waals surface area contributed by atoms with E-state index < -0.39 is 23.9 Å². The van der Waals surface area contributed by atoms with E-state index >= 15 is 0 Å². The van der Waals surface area contributed by atoms with Crippen LogP contribution in [0, 0.1) is 0 Å². The first-order valence-corrected chi connectivity index (χ1v) is 7.96. The molecule has 136 valence electrons. The maximum Gasteiger partial charge on any atom is 0.316 e. The Labute approximate surface area is 145 Å². The van der Waals surface area contributed by atoms with Gasteiger partial charge in [-0.05, 0) is 11.1 Å². The zero-order chi connectivity index (χ0) is 18.2. The van der Waals surface area contributed by atoms with E-state index in [1.165, 1.54) is 0 Å². The number of benzene rings is 1. The molecular weight excluding hydrogens is 326 g/mol. The van der Waals surface area contributed by atoms with E-state index in [4.69, 9.17) is 16.2 Å². The van der Waals surface area contributed by atoms with Gasteiger partial charge in [-0.15, -0.1) is 0 Å². The van der Waals surface area contributed by atoms with Gasteiger partial charge in [0.15, 0.2) is 6.04 Å². The van der Waals surface area contributed by atoms with Gasteiger partial charge in [0, 0.05) is 26.2 Å². The van der Waals surface area contributed by atoms with Crippen molar-refractivity contribution in [1.29, 1.82) is 0 Å². The van der Waals surface area contributed by atoms with Crippen LogP contribution in [0.2, 0.25) is 0 Å². The van der Waals surface area contributed by atoms with Crippen LogP contribution in [0.4, 0.5) is 4.79 Å². The van der Waals surface area contributed by atoms with Gasteiger partial charge in [-0.25, -0.2) is 4.79 Å². The van der Waals surface area contributed by atoms with E-state index in [9.17, 15) is 14.4 Å². The summed E-state index contributed by atoms with van der Waals surface area (Å²) in [4.78, 5) is 36.2. The van der Waals surface area contributed by atoms with Crippen LogP contribution in [0.3, 0.4) is 0 Å². The lowest BCUT2D eigenvalue weighted by Gasteiger charge is -2.26. The molecule has 9 heteroatoms. The van der Waals surface area contributed by atoms with Crippen molar-refractivity contribution in [3.63, 3.8) is 0 Å². The second-order valence-electron chi connectivity index (χ2n) is 5.77. The van der Waals surface area contributed by atoms with Gasteiger partial charge in [-0.3, -0.25) is 14.5 Å². The number of carbonyl (C=O) groups excluding carboxylic acids is 3. The normalized spacial score (nSPS) is 14.9. The third-order valence-electron chi connectivity index (χ3n) is 3.80. The Kier molecular flexibility index (Phi) is 6.72. The molecule has 0 aromatic heterocycles. The van der Waals surface area contributed by atoms with Crippen molar-refractivity contribution in [2.24, 2.45) is 11.5 Å². The van der Waals surface area contributed by atoms with Gasteiger partial charge >= 0.3 is 6.03 Å². The summed E-state index contributed by atoms with van der Waals surface area (Å²) in [6.45, 7) is 4.32. The summed E-state index contributed by atoms with van der Waals surface area (Å²) in [6, 6.07) is 5.59. The first kappa shape index (κ1) is 18.7. The van der Waals surface area contributed by atoms with Crippen LogP contribution in [0.15, 0.2) is 24.3 Å². The monoisotopic (exact) mass is 349 g/mol. The molecule has 1 aromatic carbocycles. The minimum absolute atomic E-state index is 0.243. The van der Waals surface area contributed by atoms with Gasteiger partial charge in [0.2, 0.25) is 11.8 Å². The molecule has 1 aliphatic heterocycles. The standard InChI is InChI=1S/C16H23N5O4/c17-14(22)13(15(18)23)20-16(24)19-9-11-2-1-3-12(8-11)10-21-4-6-25-7-5-21/h1-3,8,13H,4-7,9-10H2,(H2,17,22)(H2,18,23)(H2,19,20,24). The number of hydrogen-bond donors (Lipinski definition) is 4. The highest BCUT2D eigenvalue weighted by Crippen LogP contribution is 2.10. The summed E-state index contributed by atoms with van der Waals surface area (Å²) in [5, 5.41) is 4.72. The topological polar surface area (TPSA) is 140 Å². The average molecular weight is 349 g/mol. The van der Waals surface area contributed by atoms with Crippen LogP contribution in [0.25, 0.3) is 0 Å². The summed E-state index contributed by atoms with van der Waals surface area (Å²) in [7, 11) is 0. The van der Waals surface area contributed by atoms with E-state index in [1.54, 1.807) is 0 Å². The Morgan fingerprint density at radius 1 is 1.12 bits per heavy atom. The number of nitrogens with zero attached hydrogens (tertiary/aromatic N) is 1. The molecule has 6 N–H and O–H groups in total. The molecule has 0 bridgehead atoms. The molecule has 0 aliphatic carbocycles. The van der Waals surface area contributed by atoms with Crippen LogP contribution in [-0.2, 0) is 27.4 Å². The molecule has 0 atom stereocenters. The third kappa shape index (κ3) is 6.05. The number of ether oxygens (including phenoxy) is 1. The minimum Gasteiger partial charge on any atom is -0.379 e. The maximum absolute atomic E-state index is 11.8. The fourth-order valence-electron chi connectivity index (χ4n) is 2.50. The Balaban J connectivity index is 1.85. The molecule has 1 heterocycles. The molecule has 0 spiro atoms. The quantitative estimate of drug-likeness (QED) is 0.451. The third-order valence-corrected chi connectivity index (χ3v) is 3.80. The fourth-order valence-corrected chi connectivity index (χ4v) is 2.50. The SMILES string of the molecule is NC(=O)C(NC(=O)NCc1cccc(CN2CCOCC2)c1)C(N)=O. The molecule has 1 fully saturated rings. The van der Waals surface area contributed by atoms with Gasteiger partial charge < -0.3 is 26.8 Å². The van der Waals surface area contributed by atoms with Crippen LogP contribution in [-0.4, -0.2) is 55.1 Å². The number of primary amides is 2. The van der Waals surface area contributed by atoms with E-state index in [2.05, 4.69) is 15.5 Å². The van der Waals surface area contributed by atoms with Gasteiger partial charge in [0.1, 0.15) is 0 Å². The van der Waals surface area contributed by atoms with E-state index in [0.29, 0.717) is 0 Å². The van der Waals surface area contributed by atoms with Crippen molar-refractivity contribution in [1.82, 2.24) is 15.5 Å². The number of morpholine rings is 1. The molecule has 0 unspecified atom stereocenters. The number of nitrogens with two attached hydrogens (primary N) is 2. The van der Waals surface area contributed by atoms with Crippen LogP contribution < -0.4 is 22.1 Å². The van der Waals surface area contributed by atoms with Crippen molar-refractivity contribution in [3.8, 4) is 0 Å². The second-order valence-corrected chi connectivity index (χ2v) is 5.77. The van der Waals surface area contributed by atoms with Gasteiger partial charge in [0.05, 0.1) is 13.2 Å². The summed E-state index contributed by atoms with van der Waals surface area (Å²) in [5.41, 5.74) is 12.0. The number of carbonyl (C=O) groups is 3. The summed E-state index contributed by atoms with van der Waals surface area (Å²) in [6.07, 6.45) is 0. The summed E-state index contributed by atoms with van der Waals surface area (Å²) < 4.78 is 5.33. The second kappa shape index (κ2) is 9.00. The smallest absolute Gasteiger partial charge is 0.316 e. The number of amides is 4. The Bertz CT molecular complexity index is 617. The Hall–Kier alpha value is -2.65. The lowest BCUT2D eigenvalue weighted by molar-refractivity contribution is -0.128. The van der Waals surface area contributed by atoms with Gasteiger partial charge in [0.25, 0.3) is 0 Å². The Morgan fingerprint density at radius 2 is 1.76 bits per heavy atom. The van der Waals surface area contributed by atoms with Gasteiger partial charge in [-0.1, -0.05) is 24.3 Å². The predicted octanol–water partition coefficient (Wildman–Crippen LogP) is -1.34. The van der Waals surface area contributed by atoms with Crippen molar-refractivity contribution in [3.05, 3.63) is 35.4 Å². The first-order chi connectivity index (χ1) is 12.0. The van der Waals surface area contributed by atoms with E-state index in [1.807, 2.05) is 24.3 Å². The molecule has 0 radical (unpaired) electrons. The zero-order valence-electron chi connectivity index (χ0n) is 13.9. The molecule has 1 aliphatic rings. The predicted molar refractivity (Wildman–Crippen MR) is 90.1 cm³/mol. The minimum atomic E-state index is -1.53. The molecule has 4 amide bonds. The van der Waals surface area contributed by atoms with Crippen LogP contribution in [0.1, 0.15) is 11.1 Å². The molecule has 2 rings (SSSR count). The Morgan fingerprint density at radius 3 is 2.40 bits per heavy atom. The van der Waals surface area contributed by atoms with E-state index in [-0.39, 0.29) is 6.54 Å². The summed E-state index contributed by atoms with van der Waals surface area (Å²) in [5.74, 6) is -2.01. The number of urea groups is 1. The molecule has 1 saturated heterocycles. The van der Waals surface area contributed by atoms with Crippen LogP contribution >= 0.6 is 0 Å². The number of hydrogen-bond acceptors (Lipinski definition) is 5. The van der Waals surface area contributed by atoms with Gasteiger partial charge in [-0.2, -0.15) is 0 Å². The first-order valence-electron chi connectivity index (χ1n) is 7.96. The van der Waals surface area contributed by atoms with Crippen LogP contribution in [0.5, 0.6) is 0 Å². The molecule has 0 saturated carbocycles. The number of rotatable bonds is 7. The van der Waals surface area contributed by atoms with Crippen molar-refractivity contribution in [2.45, 2.75) is 19.1 Å². The highest BCUT2D eigenvalue weighted by Gasteiger charge is 2.23. The highest BCUT2D eigenvalue weighted by atomic mass is 16.5. The molecule has 9 nitrogen and oxygen atoms in total. The van der Waals surface area contributed by atoms with Crippen molar-refractivity contribution < 1.29 is 19.1 Å². The molecule has 25 heavy (non-hydrogen) atoms. The fraction of sp³-hybridized carbons (Fsp3) is 0.438. The van der Waals surface area contributed by atoms with Crippen molar-refractivity contribution in [2.75, 3.05) is 26.3 Å². The van der Waals surface area contributed by atoms with E-state index in [0.717, 1.165) is 44.0 Å². The largest absolute Gasteiger partial charge is 0.379 e. The van der Waals surface area contributed by atoms with Crippen molar-refractivity contribution >= 4 is 17.8 Å². The molecular formula is C16H23N5O4. The number of nitrogens with one attached hydrogen (secondary N) is 2.